The van der Waals surface area contributed by atoms with E-state index in [0.717, 1.165) is 4.57 Å². The van der Waals surface area contributed by atoms with E-state index in [4.69, 9.17) is 5.11 Å². The number of carboxylic acid groups (broad SMARTS) is 1. The summed E-state index contributed by atoms with van der Waals surface area (Å²) < 4.78 is 4.04. The van der Waals surface area contributed by atoms with Crippen molar-refractivity contribution in [1.82, 2.24) is 18.7 Å². The van der Waals surface area contributed by atoms with Gasteiger partial charge in [0, 0.05) is 50.7 Å². The summed E-state index contributed by atoms with van der Waals surface area (Å²) in [6.45, 7) is 0. The van der Waals surface area contributed by atoms with Crippen LogP contribution in [0.1, 0.15) is 10.4 Å². The van der Waals surface area contributed by atoms with Crippen LogP contribution in [0.5, 0.6) is 0 Å². The largest absolute Gasteiger partial charge is 0.478 e. The van der Waals surface area contributed by atoms with Crippen LogP contribution in [0.4, 0.5) is 0 Å². The molecule has 8 nitrogen and oxygen atoms in total. The molecule has 0 aliphatic heterocycles. The molecule has 0 aliphatic rings. The Morgan fingerprint density at radius 2 is 1.62 bits per heavy atom. The van der Waals surface area contributed by atoms with E-state index in [0.29, 0.717) is 16.7 Å². The van der Waals surface area contributed by atoms with Gasteiger partial charge in [0.05, 0.1) is 11.9 Å². The number of imidazole rings is 1. The number of aromatic carboxylic acids is 1. The van der Waals surface area contributed by atoms with E-state index in [1.165, 1.54) is 17.9 Å². The number of hydrogen-bond donors (Lipinski definition) is 1. The molecule has 0 aliphatic carbocycles. The monoisotopic (exact) mass is 339 g/mol. The quantitative estimate of drug-likeness (QED) is 0.628. The molecule has 0 bridgehead atoms. The van der Waals surface area contributed by atoms with Crippen LogP contribution in [-0.4, -0.2) is 59.3 Å². The van der Waals surface area contributed by atoms with Gasteiger partial charge >= 0.3 is 11.7 Å². The van der Waals surface area contributed by atoms with Crippen molar-refractivity contribution in [1.29, 1.82) is 0 Å². The number of nitrogens with zero attached hydrogens (tertiary/aromatic N) is 4. The molecule has 24 heavy (non-hydrogen) atoms. The molecule has 121 valence electrons. The number of rotatable bonds is 1. The van der Waals surface area contributed by atoms with Crippen LogP contribution in [0, 0.1) is 0 Å². The van der Waals surface area contributed by atoms with Crippen LogP contribution in [0.25, 0.3) is 11.2 Å². The average molecular weight is 339 g/mol. The SMILES string of the molecule is Cn1c(=O)c2c(ncn2C)n(C)c1=O.O=C(O)c1ccccc1.[Na]. The Kier molecular flexibility index (Phi) is 6.70. The summed E-state index contributed by atoms with van der Waals surface area (Å²) in [4.78, 5) is 37.4. The van der Waals surface area contributed by atoms with E-state index in [-0.39, 0.29) is 40.8 Å². The summed E-state index contributed by atoms with van der Waals surface area (Å²) in [5.41, 5.74) is 0.511. The molecule has 3 aromatic rings. The predicted molar refractivity (Wildman–Crippen MR) is 90.4 cm³/mol. The molecule has 0 spiro atoms. The predicted octanol–water partition coefficient (Wildman–Crippen LogP) is -0.0253. The molecule has 1 N–H and O–H groups in total. The molecule has 1 radical (unpaired) electrons. The number of aromatic nitrogens is 4. The van der Waals surface area contributed by atoms with Gasteiger partial charge in [0.15, 0.2) is 11.2 Å². The van der Waals surface area contributed by atoms with Crippen LogP contribution < -0.4 is 11.2 Å². The second kappa shape index (κ2) is 8.09. The molecule has 1 aromatic carbocycles. The van der Waals surface area contributed by atoms with Crippen molar-refractivity contribution in [2.24, 2.45) is 21.1 Å². The van der Waals surface area contributed by atoms with Crippen molar-refractivity contribution in [2.45, 2.75) is 0 Å². The third kappa shape index (κ3) is 3.84. The van der Waals surface area contributed by atoms with Crippen LogP contribution in [-0.2, 0) is 21.1 Å². The molecule has 0 fully saturated rings. The second-order valence-corrected chi connectivity index (χ2v) is 4.90. The summed E-state index contributed by atoms with van der Waals surface area (Å²) in [5, 5.41) is 8.38. The Bertz CT molecular complexity index is 973. The van der Waals surface area contributed by atoms with E-state index in [9.17, 15) is 14.4 Å². The van der Waals surface area contributed by atoms with E-state index < -0.39 is 5.97 Å². The van der Waals surface area contributed by atoms with Crippen molar-refractivity contribution >= 4 is 46.7 Å². The van der Waals surface area contributed by atoms with Crippen molar-refractivity contribution < 1.29 is 9.90 Å². The molecule has 2 aromatic heterocycles. The van der Waals surface area contributed by atoms with Gasteiger partial charge in [-0.1, -0.05) is 18.2 Å². The van der Waals surface area contributed by atoms with Crippen molar-refractivity contribution in [3.63, 3.8) is 0 Å². The topological polar surface area (TPSA) is 99.1 Å². The minimum absolute atomic E-state index is 0. The first-order chi connectivity index (χ1) is 10.8. The Balaban J connectivity index is 0.000000252. The fraction of sp³-hybridized carbons (Fsp3) is 0.200. The first-order valence-electron chi connectivity index (χ1n) is 6.70. The molecule has 0 unspecified atom stereocenters. The van der Waals surface area contributed by atoms with E-state index >= 15 is 0 Å². The molecule has 0 saturated heterocycles. The first kappa shape index (κ1) is 19.9. The van der Waals surface area contributed by atoms with Gasteiger partial charge in [0.25, 0.3) is 5.56 Å². The smallest absolute Gasteiger partial charge is 0.335 e. The second-order valence-electron chi connectivity index (χ2n) is 4.90. The standard InChI is InChI=1S/C8H10N4O2.C7H6O2.Na/c1-10-4-9-6-5(10)7(13)12(3)8(14)11(6)2;8-7(9)6-4-2-1-3-5-6;/h4H,1-3H3;1-5H,(H,8,9);. The van der Waals surface area contributed by atoms with Crippen LogP contribution in [0.2, 0.25) is 0 Å². The Hall–Kier alpha value is -2.16. The van der Waals surface area contributed by atoms with Gasteiger partial charge in [-0.15, -0.1) is 0 Å². The maximum absolute atomic E-state index is 11.7. The third-order valence-electron chi connectivity index (χ3n) is 3.34. The molecular weight excluding hydrogens is 323 g/mol. The van der Waals surface area contributed by atoms with Crippen molar-refractivity contribution in [3.8, 4) is 0 Å². The zero-order chi connectivity index (χ0) is 17.1. The number of benzene rings is 1. The fourth-order valence-corrected chi connectivity index (χ4v) is 2.05. The number of fused-ring (bicyclic) bond motifs is 1. The van der Waals surface area contributed by atoms with Crippen LogP contribution in [0.15, 0.2) is 46.2 Å². The number of aryl methyl sites for hydroxylation is 2. The Morgan fingerprint density at radius 1 is 1.04 bits per heavy atom. The van der Waals surface area contributed by atoms with Gasteiger partial charge in [-0.25, -0.2) is 14.6 Å². The third-order valence-corrected chi connectivity index (χ3v) is 3.34. The van der Waals surface area contributed by atoms with Crippen molar-refractivity contribution in [2.75, 3.05) is 0 Å². The molecular formula is C15H16N4NaO4. The summed E-state index contributed by atoms with van der Waals surface area (Å²) >= 11 is 0. The molecule has 0 atom stereocenters. The van der Waals surface area contributed by atoms with Gasteiger partial charge in [-0.2, -0.15) is 0 Å². The van der Waals surface area contributed by atoms with Gasteiger partial charge in [0.1, 0.15) is 0 Å². The fourth-order valence-electron chi connectivity index (χ4n) is 2.05. The average Bonchev–Trinajstić information content (AvgIpc) is 2.94. The van der Waals surface area contributed by atoms with Crippen LogP contribution >= 0.6 is 0 Å². The number of hydrogen-bond acceptors (Lipinski definition) is 4. The minimum Gasteiger partial charge on any atom is -0.478 e. The molecule has 0 amide bonds. The molecule has 3 rings (SSSR count). The normalized spacial score (nSPS) is 9.79. The van der Waals surface area contributed by atoms with Gasteiger partial charge < -0.3 is 9.67 Å². The Morgan fingerprint density at radius 3 is 2.12 bits per heavy atom. The maximum atomic E-state index is 11.7. The summed E-state index contributed by atoms with van der Waals surface area (Å²) in [7, 11) is 4.77. The summed E-state index contributed by atoms with van der Waals surface area (Å²) in [5.74, 6) is -0.879. The van der Waals surface area contributed by atoms with Gasteiger partial charge in [-0.05, 0) is 12.1 Å². The first-order valence-corrected chi connectivity index (χ1v) is 6.70. The number of carboxylic acids is 1. The Labute approximate surface area is 159 Å². The molecule has 2 heterocycles. The van der Waals surface area contributed by atoms with E-state index in [1.807, 2.05) is 0 Å². The maximum Gasteiger partial charge on any atom is 0.335 e. The van der Waals surface area contributed by atoms with Crippen molar-refractivity contribution in [3.05, 3.63) is 63.1 Å². The summed E-state index contributed by atoms with van der Waals surface area (Å²) in [6, 6.07) is 8.30. The molecule has 9 heteroatoms. The minimum atomic E-state index is -0.879. The summed E-state index contributed by atoms with van der Waals surface area (Å²) in [6.07, 6.45) is 1.52. The zero-order valence-electron chi connectivity index (χ0n) is 13.9. The number of carbonyl (C=O) groups is 1. The van der Waals surface area contributed by atoms with Gasteiger partial charge in [-0.3, -0.25) is 13.9 Å². The van der Waals surface area contributed by atoms with Gasteiger partial charge in [0.2, 0.25) is 0 Å². The molecule has 0 saturated carbocycles. The van der Waals surface area contributed by atoms with Crippen LogP contribution in [0.3, 0.4) is 0 Å². The zero-order valence-corrected chi connectivity index (χ0v) is 15.9. The van der Waals surface area contributed by atoms with E-state index in [2.05, 4.69) is 4.98 Å². The van der Waals surface area contributed by atoms with E-state index in [1.54, 1.807) is 49.0 Å².